The molecule has 0 fully saturated rings. The summed E-state index contributed by atoms with van der Waals surface area (Å²) < 4.78 is 10.9. The van der Waals surface area contributed by atoms with E-state index in [1.165, 1.54) is 0 Å². The summed E-state index contributed by atoms with van der Waals surface area (Å²) in [5, 5.41) is 7.21. The fourth-order valence-corrected chi connectivity index (χ4v) is 1.75. The molecule has 1 heterocycles. The predicted molar refractivity (Wildman–Crippen MR) is 76.5 cm³/mol. The molecule has 5 heteroatoms. The van der Waals surface area contributed by atoms with Gasteiger partial charge in [-0.05, 0) is 12.6 Å². The minimum Gasteiger partial charge on any atom is -0.485 e. The van der Waals surface area contributed by atoms with Crippen LogP contribution in [-0.2, 0) is 13.2 Å². The Morgan fingerprint density at radius 2 is 2.10 bits per heavy atom. The largest absolute Gasteiger partial charge is 0.485 e. The zero-order valence-electron chi connectivity index (χ0n) is 12.2. The number of para-hydroxylation sites is 1. The molecule has 0 saturated carbocycles. The van der Waals surface area contributed by atoms with Crippen molar-refractivity contribution < 1.29 is 9.26 Å². The first-order valence-electron chi connectivity index (χ1n) is 6.94. The highest BCUT2D eigenvalue weighted by Gasteiger charge is 2.11. The number of benzene rings is 1. The van der Waals surface area contributed by atoms with Gasteiger partial charge in [-0.3, -0.25) is 0 Å². The number of ether oxygens (including phenoxy) is 1. The minimum absolute atomic E-state index is 0.234. The molecule has 0 aliphatic rings. The molecule has 0 radical (unpaired) electrons. The lowest BCUT2D eigenvalue weighted by molar-refractivity contribution is 0.281. The molecular formula is C15H21N3O2. The molecule has 2 rings (SSSR count). The van der Waals surface area contributed by atoms with Crippen LogP contribution >= 0.6 is 0 Å². The molecule has 2 aromatic rings. The summed E-state index contributed by atoms with van der Waals surface area (Å²) in [6.07, 6.45) is 0. The van der Waals surface area contributed by atoms with Gasteiger partial charge in [0, 0.05) is 18.0 Å². The minimum atomic E-state index is 0.234. The number of hydrogen-bond donors (Lipinski definition) is 1. The zero-order valence-corrected chi connectivity index (χ0v) is 12.2. The number of aromatic nitrogens is 2. The third-order valence-corrected chi connectivity index (χ3v) is 2.87. The van der Waals surface area contributed by atoms with Crippen LogP contribution in [0.25, 0.3) is 0 Å². The van der Waals surface area contributed by atoms with Gasteiger partial charge in [-0.1, -0.05) is 44.1 Å². The molecule has 0 aliphatic carbocycles. The standard InChI is InChI=1S/C15H21N3O2/c1-4-16-9-12-7-5-6-8-13(12)19-10-14-17-15(11(2)3)20-18-14/h5-8,11,16H,4,9-10H2,1-3H3. The maximum absolute atomic E-state index is 5.79. The van der Waals surface area contributed by atoms with E-state index >= 15 is 0 Å². The second-order valence-corrected chi connectivity index (χ2v) is 4.88. The lowest BCUT2D eigenvalue weighted by Gasteiger charge is -2.10. The second-order valence-electron chi connectivity index (χ2n) is 4.88. The van der Waals surface area contributed by atoms with Crippen molar-refractivity contribution in [2.24, 2.45) is 0 Å². The van der Waals surface area contributed by atoms with Crippen LogP contribution < -0.4 is 10.1 Å². The van der Waals surface area contributed by atoms with E-state index in [9.17, 15) is 0 Å². The molecule has 0 bridgehead atoms. The van der Waals surface area contributed by atoms with Gasteiger partial charge in [0.25, 0.3) is 0 Å². The van der Waals surface area contributed by atoms with Crippen molar-refractivity contribution in [2.75, 3.05) is 6.54 Å². The summed E-state index contributed by atoms with van der Waals surface area (Å²) in [4.78, 5) is 4.30. The van der Waals surface area contributed by atoms with Gasteiger partial charge in [0.2, 0.25) is 11.7 Å². The first-order valence-corrected chi connectivity index (χ1v) is 6.94. The Morgan fingerprint density at radius 3 is 2.80 bits per heavy atom. The Bertz CT molecular complexity index is 537. The van der Waals surface area contributed by atoms with Crippen molar-refractivity contribution in [3.63, 3.8) is 0 Å². The van der Waals surface area contributed by atoms with Gasteiger partial charge in [-0.2, -0.15) is 4.98 Å². The molecule has 0 aliphatic heterocycles. The summed E-state index contributed by atoms with van der Waals surface area (Å²) >= 11 is 0. The highest BCUT2D eigenvalue weighted by molar-refractivity contribution is 5.33. The molecule has 1 aromatic carbocycles. The van der Waals surface area contributed by atoms with Crippen LogP contribution in [0.4, 0.5) is 0 Å². The summed E-state index contributed by atoms with van der Waals surface area (Å²) in [7, 11) is 0. The van der Waals surface area contributed by atoms with Crippen molar-refractivity contribution in [1.29, 1.82) is 0 Å². The molecule has 108 valence electrons. The maximum atomic E-state index is 5.79. The van der Waals surface area contributed by atoms with Gasteiger partial charge in [0.15, 0.2) is 6.61 Å². The number of nitrogens with zero attached hydrogens (tertiary/aromatic N) is 2. The summed E-state index contributed by atoms with van der Waals surface area (Å²) in [6, 6.07) is 7.97. The molecule has 20 heavy (non-hydrogen) atoms. The van der Waals surface area contributed by atoms with Gasteiger partial charge in [0.05, 0.1) is 0 Å². The zero-order chi connectivity index (χ0) is 14.4. The summed E-state index contributed by atoms with van der Waals surface area (Å²) in [5.74, 6) is 2.30. The van der Waals surface area contributed by atoms with Gasteiger partial charge in [-0.25, -0.2) is 0 Å². The third-order valence-electron chi connectivity index (χ3n) is 2.87. The molecule has 0 atom stereocenters. The Morgan fingerprint density at radius 1 is 1.30 bits per heavy atom. The molecule has 0 amide bonds. The monoisotopic (exact) mass is 275 g/mol. The van der Waals surface area contributed by atoms with Crippen LogP contribution in [0.15, 0.2) is 28.8 Å². The van der Waals surface area contributed by atoms with E-state index < -0.39 is 0 Å². The van der Waals surface area contributed by atoms with Gasteiger partial charge in [-0.15, -0.1) is 0 Å². The van der Waals surface area contributed by atoms with Crippen LogP contribution in [0.3, 0.4) is 0 Å². The van der Waals surface area contributed by atoms with Crippen LogP contribution in [0, 0.1) is 0 Å². The highest BCUT2D eigenvalue weighted by Crippen LogP contribution is 2.19. The quantitative estimate of drug-likeness (QED) is 0.842. The van der Waals surface area contributed by atoms with Crippen LogP contribution in [-0.4, -0.2) is 16.7 Å². The van der Waals surface area contributed by atoms with Crippen molar-refractivity contribution in [1.82, 2.24) is 15.5 Å². The van der Waals surface area contributed by atoms with Gasteiger partial charge in [0.1, 0.15) is 5.75 Å². The lowest BCUT2D eigenvalue weighted by Crippen LogP contribution is -2.13. The summed E-state index contributed by atoms with van der Waals surface area (Å²) in [5.41, 5.74) is 1.13. The predicted octanol–water partition coefficient (Wildman–Crippen LogP) is 2.88. The SMILES string of the molecule is CCNCc1ccccc1OCc1noc(C(C)C)n1. The normalized spacial score (nSPS) is 11.0. The summed E-state index contributed by atoms with van der Waals surface area (Å²) in [6.45, 7) is 8.15. The third kappa shape index (κ3) is 3.81. The van der Waals surface area contributed by atoms with Crippen LogP contribution in [0.5, 0.6) is 5.75 Å². The second kappa shape index (κ2) is 7.05. The van der Waals surface area contributed by atoms with Crippen molar-refractivity contribution in [3.05, 3.63) is 41.5 Å². The van der Waals surface area contributed by atoms with E-state index in [0.717, 1.165) is 24.4 Å². The lowest BCUT2D eigenvalue weighted by atomic mass is 10.2. The van der Waals surface area contributed by atoms with Gasteiger partial charge >= 0.3 is 0 Å². The van der Waals surface area contributed by atoms with E-state index in [-0.39, 0.29) is 5.92 Å². The number of nitrogens with one attached hydrogen (secondary N) is 1. The fraction of sp³-hybridized carbons (Fsp3) is 0.467. The molecule has 0 spiro atoms. The van der Waals surface area contributed by atoms with Crippen molar-refractivity contribution >= 4 is 0 Å². The van der Waals surface area contributed by atoms with Gasteiger partial charge < -0.3 is 14.6 Å². The first kappa shape index (κ1) is 14.5. The fourth-order valence-electron chi connectivity index (χ4n) is 1.75. The molecule has 1 aromatic heterocycles. The first-order chi connectivity index (χ1) is 9.70. The molecular weight excluding hydrogens is 254 g/mol. The van der Waals surface area contributed by atoms with E-state index in [4.69, 9.17) is 9.26 Å². The van der Waals surface area contributed by atoms with Crippen LogP contribution in [0.1, 0.15) is 44.0 Å². The smallest absolute Gasteiger partial charge is 0.229 e. The highest BCUT2D eigenvalue weighted by atomic mass is 16.5. The molecule has 5 nitrogen and oxygen atoms in total. The molecule has 0 unspecified atom stereocenters. The average Bonchev–Trinajstić information content (AvgIpc) is 2.93. The Balaban J connectivity index is 1.99. The maximum Gasteiger partial charge on any atom is 0.229 e. The topological polar surface area (TPSA) is 60.2 Å². The van der Waals surface area contributed by atoms with E-state index in [0.29, 0.717) is 18.3 Å². The number of rotatable bonds is 7. The van der Waals surface area contributed by atoms with E-state index in [1.54, 1.807) is 0 Å². The number of hydrogen-bond acceptors (Lipinski definition) is 5. The van der Waals surface area contributed by atoms with E-state index in [2.05, 4.69) is 22.4 Å². The Labute approximate surface area is 119 Å². The Hall–Kier alpha value is -1.88. The Kier molecular flexibility index (Phi) is 5.12. The van der Waals surface area contributed by atoms with Crippen LogP contribution in [0.2, 0.25) is 0 Å². The van der Waals surface area contributed by atoms with Crippen molar-refractivity contribution in [2.45, 2.75) is 39.8 Å². The molecule has 0 saturated heterocycles. The molecule has 1 N–H and O–H groups in total. The average molecular weight is 275 g/mol. The van der Waals surface area contributed by atoms with E-state index in [1.807, 2.05) is 38.1 Å². The van der Waals surface area contributed by atoms with Crippen molar-refractivity contribution in [3.8, 4) is 5.75 Å².